The Bertz CT molecular complexity index is 674. The molecule has 6 heteroatoms. The van der Waals surface area contributed by atoms with Gasteiger partial charge < -0.3 is 5.32 Å². The fourth-order valence-corrected chi connectivity index (χ4v) is 2.57. The lowest BCUT2D eigenvalue weighted by Gasteiger charge is -2.14. The number of nitro benzene ring substituents is 1. The van der Waals surface area contributed by atoms with E-state index in [9.17, 15) is 14.9 Å². The number of rotatable bonds is 4. The second kappa shape index (κ2) is 6.66. The molecule has 2 aromatic rings. The van der Waals surface area contributed by atoms with Crippen molar-refractivity contribution in [2.24, 2.45) is 0 Å². The molecule has 0 heterocycles. The number of carbonyl (C=O) groups is 1. The highest BCUT2D eigenvalue weighted by molar-refractivity contribution is 14.1. The van der Waals surface area contributed by atoms with Crippen molar-refractivity contribution in [2.45, 2.75) is 13.0 Å². The molecule has 108 valence electrons. The predicted molar refractivity (Wildman–Crippen MR) is 88.1 cm³/mol. The summed E-state index contributed by atoms with van der Waals surface area (Å²) in [7, 11) is 0. The summed E-state index contributed by atoms with van der Waals surface area (Å²) in [6, 6.07) is 13.7. The van der Waals surface area contributed by atoms with Crippen LogP contribution in [0.15, 0.2) is 48.5 Å². The maximum atomic E-state index is 12.2. The fourth-order valence-electron chi connectivity index (χ4n) is 1.92. The average molecular weight is 396 g/mol. The number of carbonyl (C=O) groups excluding carboxylic acids is 1. The standard InChI is InChI=1S/C15H13IN2O3/c1-10(11-5-3-2-4-6-11)17-15(19)12-7-13(16)9-14(8-12)18(20)21/h2-10H,1H3,(H,17,19)/t10-/m0/s1. The first-order valence-corrected chi connectivity index (χ1v) is 7.36. The average Bonchev–Trinajstić information content (AvgIpc) is 2.47. The molecule has 0 unspecified atom stereocenters. The number of nitrogens with zero attached hydrogens (tertiary/aromatic N) is 1. The van der Waals surface area contributed by atoms with Gasteiger partial charge in [0.15, 0.2) is 0 Å². The topological polar surface area (TPSA) is 72.2 Å². The fraction of sp³-hybridized carbons (Fsp3) is 0.133. The molecule has 2 rings (SSSR count). The molecule has 0 saturated heterocycles. The van der Waals surface area contributed by atoms with E-state index in [0.717, 1.165) is 5.56 Å². The van der Waals surface area contributed by atoms with Crippen LogP contribution in [0.3, 0.4) is 0 Å². The molecule has 0 aliphatic rings. The SMILES string of the molecule is C[C@H](NC(=O)c1cc(I)cc([N+](=O)[O-])c1)c1ccccc1. The molecule has 0 fully saturated rings. The molecule has 0 saturated carbocycles. The van der Waals surface area contributed by atoms with Gasteiger partial charge in [-0.15, -0.1) is 0 Å². The van der Waals surface area contributed by atoms with Crippen molar-refractivity contribution in [1.82, 2.24) is 5.32 Å². The molecule has 0 bridgehead atoms. The quantitative estimate of drug-likeness (QED) is 0.487. The van der Waals surface area contributed by atoms with Gasteiger partial charge in [-0.3, -0.25) is 14.9 Å². The molecule has 1 N–H and O–H groups in total. The van der Waals surface area contributed by atoms with Crippen LogP contribution in [-0.2, 0) is 0 Å². The van der Waals surface area contributed by atoms with Gasteiger partial charge in [0, 0.05) is 21.3 Å². The largest absolute Gasteiger partial charge is 0.346 e. The Balaban J connectivity index is 2.19. The third kappa shape index (κ3) is 4.01. The third-order valence-electron chi connectivity index (χ3n) is 3.00. The highest BCUT2D eigenvalue weighted by Gasteiger charge is 2.16. The Hall–Kier alpha value is -1.96. The van der Waals surface area contributed by atoms with E-state index in [4.69, 9.17) is 0 Å². The van der Waals surface area contributed by atoms with Crippen LogP contribution in [0.2, 0.25) is 0 Å². The van der Waals surface area contributed by atoms with Crippen molar-refractivity contribution in [3.63, 3.8) is 0 Å². The maximum absolute atomic E-state index is 12.2. The van der Waals surface area contributed by atoms with E-state index < -0.39 is 4.92 Å². The monoisotopic (exact) mass is 396 g/mol. The first-order chi connectivity index (χ1) is 9.97. The Morgan fingerprint density at radius 1 is 1.24 bits per heavy atom. The van der Waals surface area contributed by atoms with Crippen molar-refractivity contribution in [3.05, 3.63) is 73.3 Å². The Morgan fingerprint density at radius 3 is 2.52 bits per heavy atom. The summed E-state index contributed by atoms with van der Waals surface area (Å²) in [4.78, 5) is 22.6. The molecule has 0 aromatic heterocycles. The Labute approximate surface area is 135 Å². The molecule has 0 aliphatic heterocycles. The first-order valence-electron chi connectivity index (χ1n) is 6.28. The van der Waals surface area contributed by atoms with Gasteiger partial charge in [-0.2, -0.15) is 0 Å². The van der Waals surface area contributed by atoms with E-state index in [0.29, 0.717) is 3.57 Å². The second-order valence-corrected chi connectivity index (χ2v) is 5.81. The van der Waals surface area contributed by atoms with Crippen LogP contribution < -0.4 is 5.32 Å². The molecule has 21 heavy (non-hydrogen) atoms. The van der Waals surface area contributed by atoms with Crippen LogP contribution in [0.25, 0.3) is 0 Å². The summed E-state index contributed by atoms with van der Waals surface area (Å²) >= 11 is 1.96. The van der Waals surface area contributed by atoms with Gasteiger partial charge in [-0.05, 0) is 41.1 Å². The molecule has 1 amide bonds. The zero-order valence-corrected chi connectivity index (χ0v) is 13.4. The molecule has 1 atom stereocenters. The van der Waals surface area contributed by atoms with Gasteiger partial charge in [0.05, 0.1) is 11.0 Å². The number of halogens is 1. The van der Waals surface area contributed by atoms with E-state index in [-0.39, 0.29) is 23.2 Å². The molecular weight excluding hydrogens is 383 g/mol. The van der Waals surface area contributed by atoms with Crippen molar-refractivity contribution < 1.29 is 9.72 Å². The zero-order valence-electron chi connectivity index (χ0n) is 11.2. The van der Waals surface area contributed by atoms with Gasteiger partial charge in [0.1, 0.15) is 0 Å². The lowest BCUT2D eigenvalue weighted by atomic mass is 10.1. The van der Waals surface area contributed by atoms with Crippen molar-refractivity contribution >= 4 is 34.2 Å². The number of nitrogens with one attached hydrogen (secondary N) is 1. The molecule has 0 radical (unpaired) electrons. The summed E-state index contributed by atoms with van der Waals surface area (Å²) < 4.78 is 0.652. The van der Waals surface area contributed by atoms with Crippen LogP contribution in [0.1, 0.15) is 28.9 Å². The Kier molecular flexibility index (Phi) is 4.89. The highest BCUT2D eigenvalue weighted by atomic mass is 127. The van der Waals surface area contributed by atoms with E-state index in [1.165, 1.54) is 12.1 Å². The van der Waals surface area contributed by atoms with Crippen LogP contribution in [-0.4, -0.2) is 10.8 Å². The van der Waals surface area contributed by atoms with Crippen LogP contribution in [0.4, 0.5) is 5.69 Å². The van der Waals surface area contributed by atoms with Gasteiger partial charge in [0.2, 0.25) is 0 Å². The predicted octanol–water partition coefficient (Wildman–Crippen LogP) is 3.69. The molecule has 0 aliphatic carbocycles. The van der Waals surface area contributed by atoms with Crippen LogP contribution >= 0.6 is 22.6 Å². The number of non-ortho nitro benzene ring substituents is 1. The molecule has 5 nitrogen and oxygen atoms in total. The second-order valence-electron chi connectivity index (χ2n) is 4.56. The summed E-state index contributed by atoms with van der Waals surface area (Å²) in [5.41, 5.74) is 1.18. The normalized spacial score (nSPS) is 11.7. The van der Waals surface area contributed by atoms with Gasteiger partial charge in [0.25, 0.3) is 11.6 Å². The van der Waals surface area contributed by atoms with Gasteiger partial charge in [-0.1, -0.05) is 30.3 Å². The van der Waals surface area contributed by atoms with E-state index in [1.54, 1.807) is 6.07 Å². The van der Waals surface area contributed by atoms with Gasteiger partial charge >= 0.3 is 0 Å². The minimum absolute atomic E-state index is 0.0839. The minimum Gasteiger partial charge on any atom is -0.346 e. The summed E-state index contributed by atoms with van der Waals surface area (Å²) in [6.45, 7) is 1.87. The van der Waals surface area contributed by atoms with Crippen molar-refractivity contribution in [2.75, 3.05) is 0 Å². The van der Waals surface area contributed by atoms with E-state index in [1.807, 2.05) is 59.8 Å². The zero-order chi connectivity index (χ0) is 15.4. The third-order valence-corrected chi connectivity index (χ3v) is 3.63. The minimum atomic E-state index is -0.500. The van der Waals surface area contributed by atoms with Crippen LogP contribution in [0, 0.1) is 13.7 Å². The lowest BCUT2D eigenvalue weighted by Crippen LogP contribution is -2.26. The molecular formula is C15H13IN2O3. The van der Waals surface area contributed by atoms with Gasteiger partial charge in [-0.25, -0.2) is 0 Å². The number of amides is 1. The Morgan fingerprint density at radius 2 is 1.90 bits per heavy atom. The first kappa shape index (κ1) is 15.4. The molecule has 2 aromatic carbocycles. The lowest BCUT2D eigenvalue weighted by molar-refractivity contribution is -0.385. The number of nitro groups is 1. The van der Waals surface area contributed by atoms with Crippen LogP contribution in [0.5, 0.6) is 0 Å². The highest BCUT2D eigenvalue weighted by Crippen LogP contribution is 2.20. The number of hydrogen-bond donors (Lipinski definition) is 1. The van der Waals surface area contributed by atoms with Crippen molar-refractivity contribution in [3.8, 4) is 0 Å². The summed E-state index contributed by atoms with van der Waals surface area (Å²) in [5, 5.41) is 13.7. The smallest absolute Gasteiger partial charge is 0.271 e. The number of hydrogen-bond acceptors (Lipinski definition) is 3. The summed E-state index contributed by atoms with van der Waals surface area (Å²) in [6.07, 6.45) is 0. The summed E-state index contributed by atoms with van der Waals surface area (Å²) in [5.74, 6) is -0.326. The molecule has 0 spiro atoms. The van der Waals surface area contributed by atoms with E-state index in [2.05, 4.69) is 5.32 Å². The van der Waals surface area contributed by atoms with Crippen molar-refractivity contribution in [1.29, 1.82) is 0 Å². The number of benzene rings is 2. The maximum Gasteiger partial charge on any atom is 0.271 e. The van der Waals surface area contributed by atoms with E-state index >= 15 is 0 Å².